The maximum absolute atomic E-state index is 10.9. The first kappa shape index (κ1) is 27.7. The van der Waals surface area contributed by atoms with Gasteiger partial charge in [-0.05, 0) is 51.3 Å². The third-order valence-corrected chi connectivity index (χ3v) is 7.70. The number of nitrogens with zero attached hydrogens (tertiary/aromatic N) is 2. The lowest BCUT2D eigenvalue weighted by Gasteiger charge is -2.25. The largest absolute Gasteiger partial charge is 1.00 e. The summed E-state index contributed by atoms with van der Waals surface area (Å²) in [5.41, 5.74) is 7.80. The molecule has 4 nitrogen and oxygen atoms in total. The van der Waals surface area contributed by atoms with Gasteiger partial charge in [-0.3, -0.25) is 4.79 Å². The Kier molecular flexibility index (Phi) is 8.51. The quantitative estimate of drug-likeness (QED) is 0.413. The summed E-state index contributed by atoms with van der Waals surface area (Å²) in [5.74, 6) is -0.709. The van der Waals surface area contributed by atoms with Crippen LogP contribution in [-0.4, -0.2) is 34.5 Å². The molecule has 5 heteroatoms. The first-order valence-corrected chi connectivity index (χ1v) is 12.9. The Balaban J connectivity index is 0.00000361. The summed E-state index contributed by atoms with van der Waals surface area (Å²) in [6.45, 7) is 13.3. The number of likely N-dealkylation sites (N-methyl/N-ethyl adjacent to an activating group) is 1. The molecule has 0 aromatic heterocycles. The fourth-order valence-electron chi connectivity index (χ4n) is 5.82. The van der Waals surface area contributed by atoms with E-state index in [1.54, 1.807) is 0 Å². The van der Waals surface area contributed by atoms with E-state index in [4.69, 9.17) is 5.11 Å². The number of unbranched alkanes of at least 4 members (excludes halogenated alkanes) is 2. The van der Waals surface area contributed by atoms with E-state index in [1.165, 1.54) is 33.9 Å². The van der Waals surface area contributed by atoms with E-state index < -0.39 is 5.97 Å². The van der Waals surface area contributed by atoms with Crippen LogP contribution in [0.4, 0.5) is 11.4 Å². The monoisotopic (exact) mass is 506 g/mol. The molecular formula is C31H39ClN2O2. The van der Waals surface area contributed by atoms with Crippen LogP contribution in [0.1, 0.15) is 71.4 Å². The summed E-state index contributed by atoms with van der Waals surface area (Å²) >= 11 is 0. The average molecular weight is 507 g/mol. The van der Waals surface area contributed by atoms with Crippen LogP contribution in [0.15, 0.2) is 72.5 Å². The molecule has 0 saturated carbocycles. The third kappa shape index (κ3) is 5.01. The van der Waals surface area contributed by atoms with Crippen molar-refractivity contribution in [1.82, 2.24) is 0 Å². The van der Waals surface area contributed by atoms with Crippen LogP contribution in [0.3, 0.4) is 0 Å². The zero-order valence-corrected chi connectivity index (χ0v) is 23.0. The first-order chi connectivity index (χ1) is 16.7. The van der Waals surface area contributed by atoms with Crippen LogP contribution in [-0.2, 0) is 15.6 Å². The molecule has 2 aliphatic heterocycles. The summed E-state index contributed by atoms with van der Waals surface area (Å²) in [4.78, 5) is 13.3. The van der Waals surface area contributed by atoms with Gasteiger partial charge in [0.15, 0.2) is 5.71 Å². The van der Waals surface area contributed by atoms with Gasteiger partial charge < -0.3 is 22.4 Å². The normalized spacial score (nSPS) is 18.5. The SMILES string of the molecule is CCN1/C(=C/C=C/C2=[N+](CCCCCC(=O)O)c3ccccc3C2(C)C)C(C)(C)c2ccccc21.[Cl-]. The third-order valence-electron chi connectivity index (χ3n) is 7.70. The van der Waals surface area contributed by atoms with Crippen LogP contribution in [0, 0.1) is 0 Å². The first-order valence-electron chi connectivity index (χ1n) is 12.9. The lowest BCUT2D eigenvalue weighted by molar-refractivity contribution is -0.438. The molecule has 2 aromatic rings. The molecular weight excluding hydrogens is 468 g/mol. The van der Waals surface area contributed by atoms with Gasteiger partial charge in [-0.25, -0.2) is 0 Å². The topological polar surface area (TPSA) is 43.5 Å². The second kappa shape index (κ2) is 11.0. The molecule has 0 bridgehead atoms. The zero-order valence-electron chi connectivity index (χ0n) is 22.2. The number of carboxylic acids is 1. The molecule has 36 heavy (non-hydrogen) atoms. The van der Waals surface area contributed by atoms with Crippen LogP contribution >= 0.6 is 0 Å². The van der Waals surface area contributed by atoms with Crippen molar-refractivity contribution in [3.63, 3.8) is 0 Å². The van der Waals surface area contributed by atoms with Crippen molar-refractivity contribution in [2.24, 2.45) is 0 Å². The van der Waals surface area contributed by atoms with Crippen LogP contribution in [0.5, 0.6) is 0 Å². The predicted octanol–water partition coefficient (Wildman–Crippen LogP) is 3.97. The van der Waals surface area contributed by atoms with Crippen molar-refractivity contribution in [2.45, 2.75) is 71.1 Å². The van der Waals surface area contributed by atoms with E-state index in [0.29, 0.717) is 0 Å². The molecule has 0 aliphatic carbocycles. The number of aliphatic carboxylic acids is 1. The summed E-state index contributed by atoms with van der Waals surface area (Å²) in [6.07, 6.45) is 9.68. The van der Waals surface area contributed by atoms with E-state index in [2.05, 4.69) is 111 Å². The minimum Gasteiger partial charge on any atom is -1.00 e. The van der Waals surface area contributed by atoms with Crippen molar-refractivity contribution in [1.29, 1.82) is 0 Å². The number of allylic oxidation sites excluding steroid dienone is 4. The van der Waals surface area contributed by atoms with Gasteiger partial charge in [0.05, 0.1) is 5.41 Å². The molecule has 0 atom stereocenters. The van der Waals surface area contributed by atoms with Gasteiger partial charge in [0.25, 0.3) is 0 Å². The van der Waals surface area contributed by atoms with Gasteiger partial charge >= 0.3 is 5.97 Å². The number of carboxylic acid groups (broad SMARTS) is 1. The van der Waals surface area contributed by atoms with Crippen molar-refractivity contribution in [2.75, 3.05) is 18.0 Å². The molecule has 0 radical (unpaired) electrons. The van der Waals surface area contributed by atoms with Gasteiger partial charge in [-0.15, -0.1) is 0 Å². The van der Waals surface area contributed by atoms with Gasteiger partial charge in [0, 0.05) is 53.9 Å². The molecule has 0 spiro atoms. The number of hydrogen-bond acceptors (Lipinski definition) is 2. The number of halogens is 1. The Labute approximate surface area is 222 Å². The smallest absolute Gasteiger partial charge is 0.303 e. The Morgan fingerprint density at radius 1 is 0.944 bits per heavy atom. The summed E-state index contributed by atoms with van der Waals surface area (Å²) < 4.78 is 2.44. The molecule has 2 aromatic carbocycles. The molecule has 192 valence electrons. The van der Waals surface area contributed by atoms with E-state index in [-0.39, 0.29) is 29.7 Å². The van der Waals surface area contributed by atoms with Crippen molar-refractivity contribution in [3.8, 4) is 0 Å². The standard InChI is InChI=1S/C31H38N2O2.ClH/c1-6-32-25-17-11-9-15-23(25)30(2,3)27(32)19-14-20-28-31(4,5)24-16-10-12-18-26(24)33(28)22-13-7-8-21-29(34)35;/h9-12,14-20H,6-8,13,21-22H2,1-5H3;1H. The second-order valence-corrected chi connectivity index (χ2v) is 10.7. The maximum atomic E-state index is 10.9. The van der Waals surface area contributed by atoms with E-state index >= 15 is 0 Å². The van der Waals surface area contributed by atoms with Crippen LogP contribution in [0.2, 0.25) is 0 Å². The minimum absolute atomic E-state index is 0. The Morgan fingerprint density at radius 3 is 2.31 bits per heavy atom. The van der Waals surface area contributed by atoms with Crippen molar-refractivity contribution >= 4 is 23.1 Å². The fraction of sp³-hybridized carbons (Fsp3) is 0.419. The number of benzene rings is 2. The van der Waals surface area contributed by atoms with Gasteiger partial charge in [-0.1, -0.05) is 56.3 Å². The highest BCUT2D eigenvalue weighted by atomic mass is 35.5. The molecule has 1 N–H and O–H groups in total. The number of rotatable bonds is 9. The fourth-order valence-corrected chi connectivity index (χ4v) is 5.82. The number of carbonyl (C=O) groups is 1. The van der Waals surface area contributed by atoms with Crippen molar-refractivity contribution < 1.29 is 26.9 Å². The summed E-state index contributed by atoms with van der Waals surface area (Å²) in [6, 6.07) is 17.4. The minimum atomic E-state index is -0.709. The lowest BCUT2D eigenvalue weighted by Crippen LogP contribution is -3.00. The molecule has 0 fully saturated rings. The highest BCUT2D eigenvalue weighted by Gasteiger charge is 2.44. The molecule has 4 rings (SSSR count). The lowest BCUT2D eigenvalue weighted by atomic mass is 9.81. The molecule has 2 aliphatic rings. The number of fused-ring (bicyclic) bond motifs is 2. The summed E-state index contributed by atoms with van der Waals surface area (Å²) in [7, 11) is 0. The zero-order chi connectivity index (χ0) is 25.2. The maximum Gasteiger partial charge on any atom is 0.303 e. The van der Waals surface area contributed by atoms with Crippen molar-refractivity contribution in [3.05, 3.63) is 83.6 Å². The van der Waals surface area contributed by atoms with E-state index in [1.807, 2.05) is 0 Å². The second-order valence-electron chi connectivity index (χ2n) is 10.7. The number of para-hydroxylation sites is 2. The van der Waals surface area contributed by atoms with Crippen LogP contribution < -0.4 is 17.3 Å². The molecule has 0 unspecified atom stereocenters. The van der Waals surface area contributed by atoms with Crippen LogP contribution in [0.25, 0.3) is 0 Å². The molecule has 0 amide bonds. The Hall–Kier alpha value is -2.85. The van der Waals surface area contributed by atoms with Gasteiger partial charge in [0.1, 0.15) is 6.54 Å². The summed E-state index contributed by atoms with van der Waals surface area (Å²) in [5, 5.41) is 8.95. The van der Waals surface area contributed by atoms with E-state index in [9.17, 15) is 4.79 Å². The predicted molar refractivity (Wildman–Crippen MR) is 145 cm³/mol. The molecule has 0 saturated heterocycles. The molecule has 2 heterocycles. The van der Waals surface area contributed by atoms with Gasteiger partial charge in [-0.2, -0.15) is 4.58 Å². The Bertz CT molecular complexity index is 1210. The van der Waals surface area contributed by atoms with Gasteiger partial charge in [0.2, 0.25) is 5.69 Å². The highest BCUT2D eigenvalue weighted by Crippen LogP contribution is 2.47. The Morgan fingerprint density at radius 2 is 1.61 bits per heavy atom. The van der Waals surface area contributed by atoms with E-state index in [0.717, 1.165) is 32.4 Å². The highest BCUT2D eigenvalue weighted by molar-refractivity contribution is 6.03. The number of anilines is 1. The average Bonchev–Trinajstić information content (AvgIpc) is 3.18. The number of hydrogen-bond donors (Lipinski definition) is 1.